The summed E-state index contributed by atoms with van der Waals surface area (Å²) in [6.07, 6.45) is 2.35. The van der Waals surface area contributed by atoms with Crippen LogP contribution in [0.1, 0.15) is 32.8 Å². The molecule has 0 fully saturated rings. The highest BCUT2D eigenvalue weighted by molar-refractivity contribution is 6.05. The van der Waals surface area contributed by atoms with Crippen LogP contribution in [0.2, 0.25) is 0 Å². The van der Waals surface area contributed by atoms with Gasteiger partial charge in [0.25, 0.3) is 11.8 Å². The summed E-state index contributed by atoms with van der Waals surface area (Å²) in [5, 5.41) is 5.13. The zero-order chi connectivity index (χ0) is 23.5. The smallest absolute Gasteiger partial charge is 0.269 e. The van der Waals surface area contributed by atoms with E-state index in [4.69, 9.17) is 4.74 Å². The van der Waals surface area contributed by atoms with Crippen LogP contribution in [-0.2, 0) is 11.2 Å². The van der Waals surface area contributed by atoms with E-state index in [0.717, 1.165) is 17.3 Å². The Labute approximate surface area is 189 Å². The Morgan fingerprint density at radius 1 is 1.06 bits per heavy atom. The molecule has 4 rings (SSSR count). The van der Waals surface area contributed by atoms with Gasteiger partial charge in [-0.1, -0.05) is 0 Å². The van der Waals surface area contributed by atoms with E-state index in [9.17, 15) is 18.8 Å². The summed E-state index contributed by atoms with van der Waals surface area (Å²) in [7, 11) is 3.19. The Morgan fingerprint density at radius 3 is 2.64 bits per heavy atom. The highest BCUT2D eigenvalue weighted by atomic mass is 19.1. The lowest BCUT2D eigenvalue weighted by atomic mass is 9.99. The van der Waals surface area contributed by atoms with Gasteiger partial charge in [0.2, 0.25) is 5.91 Å². The number of hydrogen-bond acceptors (Lipinski definition) is 5. The predicted molar refractivity (Wildman–Crippen MR) is 120 cm³/mol. The Hall–Kier alpha value is -4.27. The fraction of sp³-hybridized carbons (Fsp3) is 0.167. The lowest BCUT2D eigenvalue weighted by Gasteiger charge is -2.26. The number of carbonyl (C=O) groups excluding carboxylic acids is 3. The van der Waals surface area contributed by atoms with E-state index in [-0.39, 0.29) is 34.7 Å². The molecule has 9 heteroatoms. The van der Waals surface area contributed by atoms with Gasteiger partial charge in [0, 0.05) is 55.8 Å². The SMILES string of the molecule is CNC(=O)c1cc(Oc2ccc(NC(=O)c3ccc4c(c3)CCC(=O)N4C)cc2F)ccn1. The molecule has 2 N–H and O–H groups in total. The van der Waals surface area contributed by atoms with Crippen LogP contribution < -0.4 is 20.3 Å². The number of anilines is 2. The van der Waals surface area contributed by atoms with Gasteiger partial charge in [0.05, 0.1) is 0 Å². The number of benzene rings is 2. The molecule has 0 radical (unpaired) electrons. The summed E-state index contributed by atoms with van der Waals surface area (Å²) in [5.41, 5.74) is 2.51. The van der Waals surface area contributed by atoms with E-state index in [2.05, 4.69) is 15.6 Å². The van der Waals surface area contributed by atoms with Crippen LogP contribution in [-0.4, -0.2) is 36.8 Å². The molecule has 0 bridgehead atoms. The fourth-order valence-electron chi connectivity index (χ4n) is 3.52. The molecule has 0 aliphatic carbocycles. The summed E-state index contributed by atoms with van der Waals surface area (Å²) in [6, 6.07) is 12.1. The summed E-state index contributed by atoms with van der Waals surface area (Å²) in [6.45, 7) is 0. The van der Waals surface area contributed by atoms with Crippen LogP contribution in [0.5, 0.6) is 11.5 Å². The Bertz CT molecular complexity index is 1260. The molecular formula is C24H21FN4O4. The monoisotopic (exact) mass is 448 g/mol. The highest BCUT2D eigenvalue weighted by Crippen LogP contribution is 2.29. The van der Waals surface area contributed by atoms with E-state index >= 15 is 0 Å². The van der Waals surface area contributed by atoms with Crippen LogP contribution >= 0.6 is 0 Å². The zero-order valence-electron chi connectivity index (χ0n) is 18.0. The van der Waals surface area contributed by atoms with Crippen molar-refractivity contribution in [3.8, 4) is 11.5 Å². The highest BCUT2D eigenvalue weighted by Gasteiger charge is 2.22. The maximum atomic E-state index is 14.6. The molecule has 0 unspecified atom stereocenters. The van der Waals surface area contributed by atoms with E-state index in [1.54, 1.807) is 30.1 Å². The van der Waals surface area contributed by atoms with E-state index in [0.29, 0.717) is 18.4 Å². The summed E-state index contributed by atoms with van der Waals surface area (Å²) in [4.78, 5) is 41.7. The summed E-state index contributed by atoms with van der Waals surface area (Å²) < 4.78 is 20.1. The molecular weight excluding hydrogens is 427 g/mol. The third kappa shape index (κ3) is 4.67. The van der Waals surface area contributed by atoms with Gasteiger partial charge in [0.1, 0.15) is 11.4 Å². The van der Waals surface area contributed by atoms with Crippen molar-refractivity contribution in [2.45, 2.75) is 12.8 Å². The topological polar surface area (TPSA) is 101 Å². The largest absolute Gasteiger partial charge is 0.454 e. The number of nitrogens with one attached hydrogen (secondary N) is 2. The predicted octanol–water partition coefficient (Wildman–Crippen LogP) is 3.53. The first-order chi connectivity index (χ1) is 15.9. The molecule has 2 heterocycles. The second kappa shape index (κ2) is 9.07. The number of nitrogens with zero attached hydrogens (tertiary/aromatic N) is 2. The van der Waals surface area contributed by atoms with Crippen molar-refractivity contribution in [1.82, 2.24) is 10.3 Å². The average molecular weight is 448 g/mol. The first-order valence-corrected chi connectivity index (χ1v) is 10.2. The number of halogens is 1. The normalized spacial score (nSPS) is 12.7. The minimum atomic E-state index is -0.684. The minimum absolute atomic E-state index is 0.0362. The van der Waals surface area contributed by atoms with Crippen molar-refractivity contribution in [2.24, 2.45) is 0 Å². The molecule has 3 aromatic rings. The molecule has 168 valence electrons. The number of rotatable bonds is 5. The molecule has 1 aliphatic heterocycles. The van der Waals surface area contributed by atoms with E-state index in [1.807, 2.05) is 0 Å². The molecule has 0 saturated carbocycles. The molecule has 3 amide bonds. The maximum absolute atomic E-state index is 14.6. The molecule has 2 aromatic carbocycles. The van der Waals surface area contributed by atoms with Gasteiger partial charge < -0.3 is 20.3 Å². The van der Waals surface area contributed by atoms with Crippen LogP contribution in [0.15, 0.2) is 54.7 Å². The van der Waals surface area contributed by atoms with Gasteiger partial charge in [-0.15, -0.1) is 0 Å². The third-order valence-electron chi connectivity index (χ3n) is 5.29. The van der Waals surface area contributed by atoms with Gasteiger partial charge in [-0.05, 0) is 48.4 Å². The number of aromatic nitrogens is 1. The van der Waals surface area contributed by atoms with Crippen LogP contribution in [0.4, 0.5) is 15.8 Å². The summed E-state index contributed by atoms with van der Waals surface area (Å²) in [5.74, 6) is -1.25. The second-order valence-corrected chi connectivity index (χ2v) is 7.45. The van der Waals surface area contributed by atoms with Crippen molar-refractivity contribution < 1.29 is 23.5 Å². The molecule has 8 nitrogen and oxygen atoms in total. The first kappa shape index (κ1) is 21.9. The lowest BCUT2D eigenvalue weighted by molar-refractivity contribution is -0.118. The van der Waals surface area contributed by atoms with E-state index in [1.165, 1.54) is 37.5 Å². The first-order valence-electron chi connectivity index (χ1n) is 10.2. The molecule has 33 heavy (non-hydrogen) atoms. The van der Waals surface area contributed by atoms with Gasteiger partial charge >= 0.3 is 0 Å². The Balaban J connectivity index is 1.47. The number of ether oxygens (including phenoxy) is 1. The number of fused-ring (bicyclic) bond motifs is 1. The number of pyridine rings is 1. The molecule has 0 atom stereocenters. The van der Waals surface area contributed by atoms with Gasteiger partial charge in [-0.3, -0.25) is 19.4 Å². The number of hydrogen-bond donors (Lipinski definition) is 2. The molecule has 0 saturated heterocycles. The van der Waals surface area contributed by atoms with Crippen molar-refractivity contribution in [3.63, 3.8) is 0 Å². The fourth-order valence-corrected chi connectivity index (χ4v) is 3.52. The third-order valence-corrected chi connectivity index (χ3v) is 5.29. The number of amides is 3. The van der Waals surface area contributed by atoms with Crippen LogP contribution in [0.25, 0.3) is 0 Å². The number of carbonyl (C=O) groups is 3. The molecule has 0 spiro atoms. The minimum Gasteiger partial charge on any atom is -0.454 e. The van der Waals surface area contributed by atoms with Crippen molar-refractivity contribution in [3.05, 3.63) is 77.4 Å². The lowest BCUT2D eigenvalue weighted by Crippen LogP contribution is -2.31. The molecule has 1 aromatic heterocycles. The molecule has 1 aliphatic rings. The van der Waals surface area contributed by atoms with Crippen molar-refractivity contribution >= 4 is 29.1 Å². The van der Waals surface area contributed by atoms with Crippen molar-refractivity contribution in [2.75, 3.05) is 24.3 Å². The van der Waals surface area contributed by atoms with Crippen LogP contribution in [0.3, 0.4) is 0 Å². The van der Waals surface area contributed by atoms with Gasteiger partial charge in [0.15, 0.2) is 11.6 Å². The maximum Gasteiger partial charge on any atom is 0.269 e. The van der Waals surface area contributed by atoms with Gasteiger partial charge in [-0.2, -0.15) is 0 Å². The summed E-state index contributed by atoms with van der Waals surface area (Å²) >= 11 is 0. The average Bonchev–Trinajstić information content (AvgIpc) is 2.82. The Kier molecular flexibility index (Phi) is 6.03. The van der Waals surface area contributed by atoms with Gasteiger partial charge in [-0.25, -0.2) is 4.39 Å². The van der Waals surface area contributed by atoms with E-state index < -0.39 is 11.7 Å². The Morgan fingerprint density at radius 2 is 1.88 bits per heavy atom. The van der Waals surface area contributed by atoms with Crippen molar-refractivity contribution in [1.29, 1.82) is 0 Å². The second-order valence-electron chi connectivity index (χ2n) is 7.45. The standard InChI is InChI=1S/C24H21FN4O4/c1-26-24(32)19-13-17(9-10-27-19)33-21-7-5-16(12-18(21)25)28-23(31)15-3-6-20-14(11-15)4-8-22(30)29(20)2/h3,5-7,9-13H,4,8H2,1-2H3,(H,26,32)(H,28,31). The number of aryl methyl sites for hydroxylation is 1. The zero-order valence-corrected chi connectivity index (χ0v) is 18.0. The quantitative estimate of drug-likeness (QED) is 0.622. The van der Waals surface area contributed by atoms with Crippen LogP contribution in [0, 0.1) is 5.82 Å².